The second kappa shape index (κ2) is 45.5. The Morgan fingerprint density at radius 1 is 0.391 bits per heavy atom. The normalized spacial score (nSPS) is 12.2. The quantitative estimate of drug-likeness (QED) is 0.0616. The first-order valence-corrected chi connectivity index (χ1v) is 20.2. The molecule has 0 aromatic heterocycles. The summed E-state index contributed by atoms with van der Waals surface area (Å²) in [6, 6.07) is 0. The van der Waals surface area contributed by atoms with Gasteiger partial charge in [-0.05, 0) is 37.5 Å². The fourth-order valence-electron chi connectivity index (χ4n) is 5.17. The van der Waals surface area contributed by atoms with E-state index < -0.39 is 15.6 Å². The zero-order valence-electron chi connectivity index (χ0n) is 30.2. The molecule has 0 heterocycles. The van der Waals surface area contributed by atoms with Gasteiger partial charge in [0.1, 0.15) is 0 Å². The van der Waals surface area contributed by atoms with Gasteiger partial charge in [0.2, 0.25) is 0 Å². The second-order valence-corrected chi connectivity index (χ2v) is 13.8. The Bertz CT molecular complexity index is 573. The average Bonchev–Trinajstić information content (AvgIpc) is 2.90. The number of rotatable bonds is 28. The Kier molecular flexibility index (Phi) is 59.9. The monoisotopic (exact) mass is 728 g/mol. The molecule has 264 valence electrons. The SMILES string of the molecule is CCCCCCCCC(CCCCCC)COCC(CCCCCC)CCCCCCCC.O=P([O-])([O-])[O-].O=P([O-])([O-])[O-].[Mg+2].[Mg+2].[Mg+2]. The maximum Gasteiger partial charge on any atom is 2.00 e. The summed E-state index contributed by atoms with van der Waals surface area (Å²) in [6.45, 7) is 11.3. The van der Waals surface area contributed by atoms with Crippen molar-refractivity contribution in [3.05, 3.63) is 0 Å². The van der Waals surface area contributed by atoms with Crippen molar-refractivity contribution in [2.45, 2.75) is 182 Å². The Hall–Kier alpha value is 2.48. The van der Waals surface area contributed by atoms with Gasteiger partial charge in [0.05, 0.1) is 0 Å². The summed E-state index contributed by atoms with van der Waals surface area (Å²) in [6.07, 6.45) is 33.8. The van der Waals surface area contributed by atoms with Gasteiger partial charge in [0.15, 0.2) is 0 Å². The molecule has 0 saturated carbocycles. The number of ether oxygens (including phenoxy) is 1. The zero-order valence-corrected chi connectivity index (χ0v) is 36.3. The molecule has 0 aliphatic rings. The van der Waals surface area contributed by atoms with Crippen molar-refractivity contribution in [3.8, 4) is 0 Å². The summed E-state index contributed by atoms with van der Waals surface area (Å²) in [5, 5.41) is 0. The van der Waals surface area contributed by atoms with Crippen LogP contribution >= 0.6 is 15.6 Å². The van der Waals surface area contributed by atoms with E-state index in [0.717, 1.165) is 25.0 Å². The minimum atomic E-state index is -5.39. The van der Waals surface area contributed by atoms with E-state index in [1.807, 2.05) is 0 Å². The van der Waals surface area contributed by atoms with Gasteiger partial charge in [0, 0.05) is 13.2 Å². The molecule has 0 aromatic rings. The van der Waals surface area contributed by atoms with E-state index in [1.54, 1.807) is 0 Å². The molecule has 0 N–H and O–H groups in total. The topological polar surface area (TPSA) is 182 Å². The van der Waals surface area contributed by atoms with E-state index in [-0.39, 0.29) is 69.2 Å². The van der Waals surface area contributed by atoms with Gasteiger partial charge < -0.3 is 43.2 Å². The maximum atomic E-state index is 8.55. The van der Waals surface area contributed by atoms with Crippen LogP contribution in [0.2, 0.25) is 0 Å². The van der Waals surface area contributed by atoms with Crippen molar-refractivity contribution in [2.75, 3.05) is 13.2 Å². The molecule has 0 radical (unpaired) electrons. The van der Waals surface area contributed by atoms with E-state index >= 15 is 0 Å². The Labute approximate surface area is 332 Å². The van der Waals surface area contributed by atoms with E-state index in [1.165, 1.54) is 154 Å². The minimum absolute atomic E-state index is 0. The summed E-state index contributed by atoms with van der Waals surface area (Å²) in [4.78, 5) is 51.3. The summed E-state index contributed by atoms with van der Waals surface area (Å²) in [7, 11) is -10.8. The smallest absolute Gasteiger partial charge is 0.822 e. The summed E-state index contributed by atoms with van der Waals surface area (Å²) >= 11 is 0. The van der Waals surface area contributed by atoms with Crippen molar-refractivity contribution in [3.63, 3.8) is 0 Å². The van der Waals surface area contributed by atoms with Gasteiger partial charge in [-0.15, -0.1) is 0 Å². The molecule has 0 saturated heterocycles. The van der Waals surface area contributed by atoms with Gasteiger partial charge in [-0.25, -0.2) is 0 Å². The zero-order chi connectivity index (χ0) is 33.2. The first kappa shape index (κ1) is 60.6. The van der Waals surface area contributed by atoms with Crippen LogP contribution in [0.1, 0.15) is 182 Å². The van der Waals surface area contributed by atoms with Crippen LogP contribution in [-0.2, 0) is 13.9 Å². The Morgan fingerprint density at radius 2 is 0.565 bits per heavy atom. The third-order valence-corrected chi connectivity index (χ3v) is 7.57. The number of unbranched alkanes of at least 4 members (excludes halogenated alkanes) is 16. The largest absolute Gasteiger partial charge is 2.00 e. The first-order chi connectivity index (χ1) is 20.3. The molecule has 0 bridgehead atoms. The fraction of sp³-hybridized carbons (Fsp3) is 1.00. The van der Waals surface area contributed by atoms with Crippen LogP contribution in [0.25, 0.3) is 0 Å². The number of phosphoric acid groups is 2. The Balaban J connectivity index is -0.000000266. The fourth-order valence-corrected chi connectivity index (χ4v) is 5.17. The molecule has 0 aliphatic carbocycles. The van der Waals surface area contributed by atoms with E-state index in [2.05, 4.69) is 27.7 Å². The summed E-state index contributed by atoms with van der Waals surface area (Å²) in [5.74, 6) is 1.62. The van der Waals surface area contributed by atoms with Gasteiger partial charge in [-0.1, -0.05) is 156 Å². The molecule has 0 rings (SSSR count). The predicted octanol–water partition coefficient (Wildman–Crippen LogP) is 4.89. The molecule has 0 aromatic carbocycles. The second-order valence-electron chi connectivity index (χ2n) is 12.0. The van der Waals surface area contributed by atoms with E-state index in [0.29, 0.717) is 0 Å². The van der Waals surface area contributed by atoms with Gasteiger partial charge in [0.25, 0.3) is 0 Å². The van der Waals surface area contributed by atoms with Crippen molar-refractivity contribution < 1.29 is 43.2 Å². The molecule has 0 spiro atoms. The third kappa shape index (κ3) is 72.2. The number of hydrogen-bond acceptors (Lipinski definition) is 9. The van der Waals surface area contributed by atoms with Crippen LogP contribution in [0.15, 0.2) is 0 Å². The van der Waals surface area contributed by atoms with Crippen molar-refractivity contribution in [2.24, 2.45) is 11.8 Å². The maximum absolute atomic E-state index is 8.55. The van der Waals surface area contributed by atoms with Crippen molar-refractivity contribution in [1.29, 1.82) is 0 Å². The van der Waals surface area contributed by atoms with Crippen LogP contribution in [-0.4, -0.2) is 82.4 Å². The predicted molar refractivity (Wildman–Crippen MR) is 184 cm³/mol. The van der Waals surface area contributed by atoms with Crippen LogP contribution in [0.4, 0.5) is 0 Å². The van der Waals surface area contributed by atoms with Gasteiger partial charge in [-0.2, -0.15) is 15.6 Å². The molecule has 9 nitrogen and oxygen atoms in total. The van der Waals surface area contributed by atoms with Crippen LogP contribution < -0.4 is 29.4 Å². The molecule has 14 heteroatoms. The summed E-state index contributed by atoms with van der Waals surface area (Å²) < 4.78 is 23.6. The molecule has 0 fully saturated rings. The molecular formula is C32H66Mg3O9P2. The molecule has 46 heavy (non-hydrogen) atoms. The third-order valence-electron chi connectivity index (χ3n) is 7.57. The first-order valence-electron chi connectivity index (χ1n) is 17.3. The summed E-state index contributed by atoms with van der Waals surface area (Å²) in [5.41, 5.74) is 0. The molecule has 2 atom stereocenters. The van der Waals surface area contributed by atoms with Gasteiger partial charge in [-0.3, -0.25) is 0 Å². The van der Waals surface area contributed by atoms with Crippen LogP contribution in [0, 0.1) is 11.8 Å². The average molecular weight is 730 g/mol. The van der Waals surface area contributed by atoms with Crippen LogP contribution in [0.5, 0.6) is 0 Å². The standard InChI is InChI=1S/C32H66O.3Mg.2H3O4P/c1-5-9-13-17-19-23-27-31(25-21-15-11-7-3)29-33-30-32(26-22-16-12-8-4)28-24-20-18-14-10-6-2;;;;2*1-5(2,3)4/h31-32H,5-30H2,1-4H3;;;;2*(H3,1,2,3,4)/q;3*+2;;/p-6. The minimum Gasteiger partial charge on any atom is -0.822 e. The molecular weight excluding hydrogens is 663 g/mol. The number of hydrogen-bond donors (Lipinski definition) is 0. The molecule has 0 aliphatic heterocycles. The van der Waals surface area contributed by atoms with E-state index in [9.17, 15) is 0 Å². The van der Waals surface area contributed by atoms with Crippen LogP contribution in [0.3, 0.4) is 0 Å². The Morgan fingerprint density at radius 3 is 0.783 bits per heavy atom. The molecule has 2 unspecified atom stereocenters. The van der Waals surface area contributed by atoms with E-state index in [4.69, 9.17) is 43.2 Å². The molecule has 0 amide bonds. The van der Waals surface area contributed by atoms with Crippen molar-refractivity contribution >= 4 is 84.8 Å². The van der Waals surface area contributed by atoms with Gasteiger partial charge >= 0.3 is 69.2 Å². The van der Waals surface area contributed by atoms with Crippen molar-refractivity contribution in [1.82, 2.24) is 0 Å².